The SMILES string of the molecule is C=C(C)N(CCc1ccccc1Br)C(=O)CC. The molecule has 0 fully saturated rings. The normalized spacial score (nSPS) is 10.1. The second-order valence-electron chi connectivity index (χ2n) is 3.98. The second-order valence-corrected chi connectivity index (χ2v) is 4.83. The number of halogens is 1. The van der Waals surface area contributed by atoms with Gasteiger partial charge >= 0.3 is 0 Å². The van der Waals surface area contributed by atoms with Gasteiger partial charge in [0.2, 0.25) is 5.91 Å². The molecule has 2 nitrogen and oxygen atoms in total. The summed E-state index contributed by atoms with van der Waals surface area (Å²) in [5.74, 6) is 0.129. The molecule has 0 N–H and O–H groups in total. The van der Waals surface area contributed by atoms with E-state index in [9.17, 15) is 4.79 Å². The highest BCUT2D eigenvalue weighted by molar-refractivity contribution is 9.10. The third kappa shape index (κ3) is 4.00. The summed E-state index contributed by atoms with van der Waals surface area (Å²) in [6.07, 6.45) is 1.35. The predicted octanol–water partition coefficient (Wildman–Crippen LogP) is 3.76. The van der Waals surface area contributed by atoms with Crippen LogP contribution in [0.4, 0.5) is 0 Å². The number of nitrogens with zero attached hydrogens (tertiary/aromatic N) is 1. The fraction of sp³-hybridized carbons (Fsp3) is 0.357. The fourth-order valence-electron chi connectivity index (χ4n) is 1.65. The number of amides is 1. The lowest BCUT2D eigenvalue weighted by molar-refractivity contribution is -0.128. The van der Waals surface area contributed by atoms with Crippen LogP contribution >= 0.6 is 15.9 Å². The predicted molar refractivity (Wildman–Crippen MR) is 74.7 cm³/mol. The van der Waals surface area contributed by atoms with Crippen LogP contribution in [0.3, 0.4) is 0 Å². The van der Waals surface area contributed by atoms with Crippen molar-refractivity contribution in [3.63, 3.8) is 0 Å². The molecule has 0 aliphatic rings. The van der Waals surface area contributed by atoms with Gasteiger partial charge in [-0.3, -0.25) is 4.79 Å². The molecule has 0 radical (unpaired) electrons. The van der Waals surface area contributed by atoms with Crippen LogP contribution in [0.1, 0.15) is 25.8 Å². The van der Waals surface area contributed by atoms with Crippen LogP contribution in [-0.4, -0.2) is 17.4 Å². The van der Waals surface area contributed by atoms with Crippen LogP contribution in [0.25, 0.3) is 0 Å². The maximum Gasteiger partial charge on any atom is 0.226 e. The third-order valence-corrected chi connectivity index (χ3v) is 3.40. The van der Waals surface area contributed by atoms with Crippen molar-refractivity contribution in [2.45, 2.75) is 26.7 Å². The number of benzene rings is 1. The summed E-state index contributed by atoms with van der Waals surface area (Å²) in [5.41, 5.74) is 2.02. The minimum absolute atomic E-state index is 0.129. The van der Waals surface area contributed by atoms with E-state index in [2.05, 4.69) is 28.6 Å². The Bertz CT molecular complexity index is 414. The molecule has 1 aromatic carbocycles. The van der Waals surface area contributed by atoms with Crippen LogP contribution in [-0.2, 0) is 11.2 Å². The highest BCUT2D eigenvalue weighted by atomic mass is 79.9. The molecule has 1 rings (SSSR count). The molecule has 0 atom stereocenters. The Morgan fingerprint density at radius 1 is 1.41 bits per heavy atom. The van der Waals surface area contributed by atoms with Gasteiger partial charge in [0.1, 0.15) is 0 Å². The van der Waals surface area contributed by atoms with Crippen molar-refractivity contribution in [1.82, 2.24) is 4.90 Å². The topological polar surface area (TPSA) is 20.3 Å². The smallest absolute Gasteiger partial charge is 0.226 e. The number of carbonyl (C=O) groups excluding carboxylic acids is 1. The van der Waals surface area contributed by atoms with Crippen LogP contribution in [0.2, 0.25) is 0 Å². The molecule has 0 aliphatic heterocycles. The zero-order valence-corrected chi connectivity index (χ0v) is 12.0. The average molecular weight is 296 g/mol. The van der Waals surface area contributed by atoms with Gasteiger partial charge in [0.25, 0.3) is 0 Å². The summed E-state index contributed by atoms with van der Waals surface area (Å²) >= 11 is 3.51. The molecule has 0 saturated carbocycles. The molecular weight excluding hydrogens is 278 g/mol. The summed E-state index contributed by atoms with van der Waals surface area (Å²) in [7, 11) is 0. The summed E-state index contributed by atoms with van der Waals surface area (Å²) in [5, 5.41) is 0. The van der Waals surface area contributed by atoms with Crippen LogP contribution in [0.15, 0.2) is 41.0 Å². The first-order valence-electron chi connectivity index (χ1n) is 5.75. The van der Waals surface area contributed by atoms with E-state index in [-0.39, 0.29) is 5.91 Å². The van der Waals surface area contributed by atoms with Crippen LogP contribution in [0.5, 0.6) is 0 Å². The van der Waals surface area contributed by atoms with E-state index in [4.69, 9.17) is 0 Å². The molecule has 3 heteroatoms. The van der Waals surface area contributed by atoms with Gasteiger partial charge in [-0.15, -0.1) is 0 Å². The van der Waals surface area contributed by atoms with Gasteiger partial charge in [-0.1, -0.05) is 47.6 Å². The van der Waals surface area contributed by atoms with Crippen molar-refractivity contribution in [2.75, 3.05) is 6.54 Å². The zero-order valence-electron chi connectivity index (χ0n) is 10.4. The summed E-state index contributed by atoms with van der Waals surface area (Å²) in [6.45, 7) is 8.28. The molecule has 0 saturated heterocycles. The lowest BCUT2D eigenvalue weighted by Gasteiger charge is -2.22. The van der Waals surface area contributed by atoms with E-state index in [0.717, 1.165) is 16.6 Å². The van der Waals surface area contributed by atoms with Gasteiger partial charge in [-0.25, -0.2) is 0 Å². The molecule has 0 bridgehead atoms. The maximum atomic E-state index is 11.7. The van der Waals surface area contributed by atoms with Crippen molar-refractivity contribution in [3.05, 3.63) is 46.6 Å². The lowest BCUT2D eigenvalue weighted by atomic mass is 10.1. The number of rotatable bonds is 5. The molecular formula is C14H18BrNO. The van der Waals surface area contributed by atoms with Crippen LogP contribution in [0, 0.1) is 0 Å². The standard InChI is InChI=1S/C14H18BrNO/c1-4-14(17)16(11(2)3)10-9-12-7-5-6-8-13(12)15/h5-8H,2,4,9-10H2,1,3H3. The molecule has 0 heterocycles. The Kier molecular flexibility index (Phi) is 5.42. The molecule has 17 heavy (non-hydrogen) atoms. The molecule has 0 spiro atoms. The minimum Gasteiger partial charge on any atom is -0.317 e. The fourth-order valence-corrected chi connectivity index (χ4v) is 2.14. The van der Waals surface area contributed by atoms with Gasteiger partial charge in [-0.05, 0) is 25.0 Å². The van der Waals surface area contributed by atoms with Gasteiger partial charge < -0.3 is 4.90 Å². The molecule has 1 aromatic rings. The van der Waals surface area contributed by atoms with E-state index in [0.29, 0.717) is 13.0 Å². The monoisotopic (exact) mass is 295 g/mol. The Labute approximate surface area is 111 Å². The first-order valence-corrected chi connectivity index (χ1v) is 6.54. The van der Waals surface area contributed by atoms with E-state index in [1.807, 2.05) is 32.0 Å². The Morgan fingerprint density at radius 3 is 2.59 bits per heavy atom. The number of allylic oxidation sites excluding steroid dienone is 1. The van der Waals surface area contributed by atoms with Crippen LogP contribution < -0.4 is 0 Å². The highest BCUT2D eigenvalue weighted by Crippen LogP contribution is 2.17. The van der Waals surface area contributed by atoms with Gasteiger partial charge in [0, 0.05) is 23.1 Å². The van der Waals surface area contributed by atoms with Gasteiger partial charge in [-0.2, -0.15) is 0 Å². The summed E-state index contributed by atoms with van der Waals surface area (Å²) in [4.78, 5) is 13.5. The average Bonchev–Trinajstić information content (AvgIpc) is 2.30. The minimum atomic E-state index is 0.129. The maximum absolute atomic E-state index is 11.7. The molecule has 0 unspecified atom stereocenters. The lowest BCUT2D eigenvalue weighted by Crippen LogP contribution is -2.30. The Balaban J connectivity index is 2.68. The van der Waals surface area contributed by atoms with Crippen molar-refractivity contribution < 1.29 is 4.79 Å². The van der Waals surface area contributed by atoms with Crippen molar-refractivity contribution in [2.24, 2.45) is 0 Å². The van der Waals surface area contributed by atoms with Crippen molar-refractivity contribution in [3.8, 4) is 0 Å². The molecule has 92 valence electrons. The summed E-state index contributed by atoms with van der Waals surface area (Å²) < 4.78 is 1.09. The molecule has 1 amide bonds. The zero-order chi connectivity index (χ0) is 12.8. The highest BCUT2D eigenvalue weighted by Gasteiger charge is 2.12. The quantitative estimate of drug-likeness (QED) is 0.810. The number of hydrogen-bond acceptors (Lipinski definition) is 1. The van der Waals surface area contributed by atoms with Crippen molar-refractivity contribution >= 4 is 21.8 Å². The second kappa shape index (κ2) is 6.60. The molecule has 0 aromatic heterocycles. The van der Waals surface area contributed by atoms with Gasteiger partial charge in [0.15, 0.2) is 0 Å². The van der Waals surface area contributed by atoms with E-state index in [1.165, 1.54) is 5.56 Å². The number of carbonyl (C=O) groups is 1. The first-order chi connectivity index (χ1) is 8.06. The van der Waals surface area contributed by atoms with E-state index < -0.39 is 0 Å². The first kappa shape index (κ1) is 14.0. The van der Waals surface area contributed by atoms with E-state index in [1.54, 1.807) is 4.90 Å². The molecule has 0 aliphatic carbocycles. The Hall–Kier alpha value is -1.09. The van der Waals surface area contributed by atoms with E-state index >= 15 is 0 Å². The summed E-state index contributed by atoms with van der Waals surface area (Å²) in [6, 6.07) is 8.08. The van der Waals surface area contributed by atoms with Gasteiger partial charge in [0.05, 0.1) is 0 Å². The van der Waals surface area contributed by atoms with Crippen molar-refractivity contribution in [1.29, 1.82) is 0 Å². The third-order valence-electron chi connectivity index (χ3n) is 2.63. The number of hydrogen-bond donors (Lipinski definition) is 0. The largest absolute Gasteiger partial charge is 0.317 e. The Morgan fingerprint density at radius 2 is 2.06 bits per heavy atom.